The molecule has 0 bridgehead atoms. The topological polar surface area (TPSA) is 187 Å². The van der Waals surface area contributed by atoms with Crippen LogP contribution in [0, 0.1) is 0 Å². The molecule has 0 spiro atoms. The Hall–Kier alpha value is -2.10. The maximum absolute atomic E-state index is 13.4. The van der Waals surface area contributed by atoms with Crippen molar-refractivity contribution in [1.82, 2.24) is 0 Å². The third kappa shape index (κ3) is 5.09. The number of carbonyl (C=O) groups excluding carboxylic acids is 2. The van der Waals surface area contributed by atoms with Gasteiger partial charge in [0.25, 0.3) is 0 Å². The molecule has 10 nitrogen and oxygen atoms in total. The predicted molar refractivity (Wildman–Crippen MR) is 127 cm³/mol. The standard InChI is InChI=1S/C24H16N2O8S2.2Na/c25-22-18(36(32,33)34)11-16(20-21(22)24(28)14-8-2-1-7-13(14)23(20)27)26-15-9-3-5-12-6-4-10-17(19(12)15)35(29,30)31;;/h1-11,26H,25H2,(H,29,30,31)(H,32,33,34);;/q;2*+1/p-2. The van der Waals surface area contributed by atoms with E-state index in [0.717, 1.165) is 12.1 Å². The van der Waals surface area contributed by atoms with Gasteiger partial charge in [-0.15, -0.1) is 0 Å². The molecule has 4 aromatic rings. The van der Waals surface area contributed by atoms with Gasteiger partial charge in [-0.25, -0.2) is 16.8 Å². The quantitative estimate of drug-likeness (QED) is 0.127. The van der Waals surface area contributed by atoms with E-state index in [2.05, 4.69) is 5.32 Å². The number of fused-ring (bicyclic) bond motifs is 3. The first-order chi connectivity index (χ1) is 16.9. The zero-order valence-electron chi connectivity index (χ0n) is 20.0. The van der Waals surface area contributed by atoms with Crippen molar-refractivity contribution >= 4 is 59.6 Å². The van der Waals surface area contributed by atoms with Gasteiger partial charge in [0.15, 0.2) is 11.6 Å². The Kier molecular flexibility index (Phi) is 8.66. The second kappa shape index (κ2) is 10.8. The van der Waals surface area contributed by atoms with E-state index < -0.39 is 52.8 Å². The molecule has 0 heterocycles. The van der Waals surface area contributed by atoms with E-state index in [9.17, 15) is 35.5 Å². The van der Waals surface area contributed by atoms with Crippen LogP contribution in [0.2, 0.25) is 0 Å². The summed E-state index contributed by atoms with van der Waals surface area (Å²) in [6.45, 7) is 0. The van der Waals surface area contributed by atoms with Crippen molar-refractivity contribution in [3.63, 3.8) is 0 Å². The summed E-state index contributed by atoms with van der Waals surface area (Å²) in [5.74, 6) is -1.42. The van der Waals surface area contributed by atoms with Gasteiger partial charge in [-0.1, -0.05) is 48.5 Å². The van der Waals surface area contributed by atoms with Crippen molar-refractivity contribution in [2.45, 2.75) is 9.79 Å². The number of nitrogens with two attached hydrogens (primary N) is 1. The average Bonchev–Trinajstić information content (AvgIpc) is 2.81. The van der Waals surface area contributed by atoms with Crippen molar-refractivity contribution in [3.05, 3.63) is 89.0 Å². The van der Waals surface area contributed by atoms with Crippen LogP contribution in [-0.2, 0) is 20.2 Å². The normalized spacial score (nSPS) is 12.7. The van der Waals surface area contributed by atoms with Gasteiger partial charge in [0, 0.05) is 22.2 Å². The molecule has 0 radical (unpaired) electrons. The number of hydrogen-bond acceptors (Lipinski definition) is 10. The van der Waals surface area contributed by atoms with Gasteiger partial charge in [-0.2, -0.15) is 0 Å². The molecule has 0 fully saturated rings. The maximum atomic E-state index is 13.4. The van der Waals surface area contributed by atoms with Crippen LogP contribution in [0.25, 0.3) is 10.8 Å². The molecule has 182 valence electrons. The molecule has 38 heavy (non-hydrogen) atoms. The first-order valence-electron chi connectivity index (χ1n) is 10.2. The summed E-state index contributed by atoms with van der Waals surface area (Å²) in [5, 5.41) is 3.10. The van der Waals surface area contributed by atoms with Crippen LogP contribution in [0.3, 0.4) is 0 Å². The number of nitrogens with one attached hydrogen (secondary N) is 1. The van der Waals surface area contributed by atoms with Crippen molar-refractivity contribution in [2.24, 2.45) is 0 Å². The molecule has 4 aromatic carbocycles. The summed E-state index contributed by atoms with van der Waals surface area (Å²) < 4.78 is 71.8. The second-order valence-corrected chi connectivity index (χ2v) is 10.7. The van der Waals surface area contributed by atoms with Gasteiger partial charge in [0.2, 0.25) is 0 Å². The van der Waals surface area contributed by atoms with Gasteiger partial charge in [-0.3, -0.25) is 9.59 Å². The fourth-order valence-electron chi connectivity index (χ4n) is 4.36. The van der Waals surface area contributed by atoms with Crippen LogP contribution in [0.4, 0.5) is 17.1 Å². The minimum Gasteiger partial charge on any atom is -0.744 e. The number of anilines is 3. The molecular weight excluding hydrogens is 554 g/mol. The smallest absolute Gasteiger partial charge is 0.744 e. The van der Waals surface area contributed by atoms with Crippen LogP contribution in [0.5, 0.6) is 0 Å². The Bertz CT molecular complexity index is 1870. The molecule has 14 heteroatoms. The van der Waals surface area contributed by atoms with Crippen LogP contribution in [0.1, 0.15) is 31.8 Å². The van der Waals surface area contributed by atoms with Gasteiger partial charge in [-0.05, 0) is 23.6 Å². The van der Waals surface area contributed by atoms with E-state index in [1.807, 2.05) is 0 Å². The monoisotopic (exact) mass is 568 g/mol. The molecule has 0 unspecified atom stereocenters. The molecule has 5 rings (SSSR count). The van der Waals surface area contributed by atoms with Crippen LogP contribution < -0.4 is 70.2 Å². The van der Waals surface area contributed by atoms with Crippen molar-refractivity contribution in [2.75, 3.05) is 11.1 Å². The van der Waals surface area contributed by atoms with Crippen LogP contribution in [0.15, 0.2) is 76.5 Å². The zero-order chi connectivity index (χ0) is 26.0. The van der Waals surface area contributed by atoms with E-state index >= 15 is 0 Å². The van der Waals surface area contributed by atoms with Crippen molar-refractivity contribution < 1.29 is 94.6 Å². The minimum atomic E-state index is -5.20. The molecule has 0 aromatic heterocycles. The Balaban J connectivity index is 0.00000200. The molecule has 0 saturated carbocycles. The third-order valence-corrected chi connectivity index (χ3v) is 7.63. The summed E-state index contributed by atoms with van der Waals surface area (Å²) >= 11 is 0. The summed E-state index contributed by atoms with van der Waals surface area (Å²) in [7, 11) is -10.1. The summed E-state index contributed by atoms with van der Waals surface area (Å²) in [5.41, 5.74) is 4.28. The van der Waals surface area contributed by atoms with Gasteiger partial charge < -0.3 is 20.2 Å². The van der Waals surface area contributed by atoms with E-state index in [0.29, 0.717) is 5.39 Å². The van der Waals surface area contributed by atoms with E-state index in [4.69, 9.17) is 5.73 Å². The Morgan fingerprint density at radius 3 is 1.74 bits per heavy atom. The first kappa shape index (κ1) is 30.4. The fraction of sp³-hybridized carbons (Fsp3) is 0. The largest absolute Gasteiger partial charge is 1.00 e. The summed E-state index contributed by atoms with van der Waals surface area (Å²) in [6.07, 6.45) is 0. The molecule has 0 aliphatic heterocycles. The van der Waals surface area contributed by atoms with Crippen molar-refractivity contribution in [1.29, 1.82) is 0 Å². The van der Waals surface area contributed by atoms with E-state index in [1.165, 1.54) is 42.5 Å². The molecule has 0 atom stereocenters. The van der Waals surface area contributed by atoms with E-state index in [1.54, 1.807) is 12.1 Å². The molecule has 0 saturated heterocycles. The zero-order valence-corrected chi connectivity index (χ0v) is 25.6. The molecule has 1 aliphatic carbocycles. The van der Waals surface area contributed by atoms with Crippen LogP contribution >= 0.6 is 0 Å². The molecule has 3 N–H and O–H groups in total. The Morgan fingerprint density at radius 2 is 1.18 bits per heavy atom. The molecule has 1 aliphatic rings. The number of benzene rings is 4. The summed E-state index contributed by atoms with van der Waals surface area (Å²) in [6, 6.07) is 15.2. The van der Waals surface area contributed by atoms with Crippen LogP contribution in [-0.4, -0.2) is 37.5 Å². The number of nitrogen functional groups attached to an aromatic ring is 1. The molecular formula is C24H14N2Na2O8S2. The number of rotatable bonds is 4. The first-order valence-corrected chi connectivity index (χ1v) is 13.1. The predicted octanol–water partition coefficient (Wildman–Crippen LogP) is -3.24. The fourth-order valence-corrected chi connectivity index (χ4v) is 5.72. The van der Waals surface area contributed by atoms with Gasteiger partial charge >= 0.3 is 59.1 Å². The second-order valence-electron chi connectivity index (χ2n) is 7.98. The average molecular weight is 568 g/mol. The molecule has 0 amide bonds. The Morgan fingerprint density at radius 1 is 0.658 bits per heavy atom. The Labute approximate surface area is 261 Å². The number of hydrogen-bond donors (Lipinski definition) is 2. The van der Waals surface area contributed by atoms with Gasteiger partial charge in [0.1, 0.15) is 20.2 Å². The minimum absolute atomic E-state index is 0. The maximum Gasteiger partial charge on any atom is 1.00 e. The SMILES string of the molecule is Nc1c(S(=O)(=O)[O-])cc(Nc2cccc3cccc(S(=O)(=O)[O-])c23)c2c1C(=O)c1ccccc1C2=O.[Na+].[Na+]. The van der Waals surface area contributed by atoms with Crippen molar-refractivity contribution in [3.8, 4) is 0 Å². The van der Waals surface area contributed by atoms with Gasteiger partial charge in [0.05, 0.1) is 32.3 Å². The van der Waals surface area contributed by atoms with E-state index in [-0.39, 0.29) is 92.6 Å². The number of ketones is 2. The third-order valence-electron chi connectivity index (χ3n) is 5.87. The number of carbonyl (C=O) groups is 2. The summed E-state index contributed by atoms with van der Waals surface area (Å²) in [4.78, 5) is 25.2.